The van der Waals surface area contributed by atoms with Crippen molar-refractivity contribution in [2.75, 3.05) is 46.0 Å². The summed E-state index contributed by atoms with van der Waals surface area (Å²) in [5, 5.41) is 10.9. The van der Waals surface area contributed by atoms with Crippen molar-refractivity contribution in [3.63, 3.8) is 0 Å². The molecule has 1 amide bonds. The standard InChI is InChI=1S/C31H38N2O5S/c34-30(35)11-2-1-5-20-38-28-9-4-3-8-27(28)24-33(17-7-16-32-18-21-37-22-19-32)31(36)26-14-12-25(13-15-26)29-10-6-23-39-29/h3-4,6,8-10,12-15,23H,1-2,5,7,11,16-22,24H2,(H,34,35)/i17D. The monoisotopic (exact) mass is 551 g/mol. The Bertz CT molecular complexity index is 1200. The number of rotatable bonds is 15. The Hall–Kier alpha value is -3.20. The van der Waals surface area contributed by atoms with E-state index in [1.807, 2.05) is 60.0 Å². The molecule has 1 atom stereocenters. The minimum Gasteiger partial charge on any atom is -0.493 e. The number of carbonyl (C=O) groups excluding carboxylic acids is 1. The van der Waals surface area contributed by atoms with Crippen molar-refractivity contribution < 1.29 is 25.5 Å². The van der Waals surface area contributed by atoms with Gasteiger partial charge in [-0.25, -0.2) is 0 Å². The SMILES string of the molecule is [2H]C(CCN1CCOCC1)N(Cc1ccccc1OCCCCCC(=O)O)C(=O)c1ccc(-c2cccs2)cc1. The van der Waals surface area contributed by atoms with Gasteiger partial charge in [0.15, 0.2) is 0 Å². The second-order valence-corrected chi connectivity index (χ2v) is 10.5. The summed E-state index contributed by atoms with van der Waals surface area (Å²) in [6.07, 6.45) is 2.85. The van der Waals surface area contributed by atoms with Crippen LogP contribution in [-0.4, -0.2) is 72.8 Å². The fourth-order valence-electron chi connectivity index (χ4n) is 4.52. The lowest BCUT2D eigenvalue weighted by atomic mass is 10.1. The lowest BCUT2D eigenvalue weighted by molar-refractivity contribution is -0.137. The smallest absolute Gasteiger partial charge is 0.303 e. The molecule has 0 bridgehead atoms. The summed E-state index contributed by atoms with van der Waals surface area (Å²) in [5.74, 6) is -0.272. The maximum absolute atomic E-state index is 13.8. The topological polar surface area (TPSA) is 79.3 Å². The highest BCUT2D eigenvalue weighted by atomic mass is 32.1. The minimum absolute atomic E-state index is 0.164. The zero-order chi connectivity index (χ0) is 28.2. The van der Waals surface area contributed by atoms with Gasteiger partial charge in [-0.3, -0.25) is 14.5 Å². The summed E-state index contributed by atoms with van der Waals surface area (Å²) < 4.78 is 20.5. The Kier molecular flexibility index (Phi) is 10.8. The third-order valence-electron chi connectivity index (χ3n) is 6.70. The average Bonchev–Trinajstić information content (AvgIpc) is 3.52. The van der Waals surface area contributed by atoms with Crippen LogP contribution < -0.4 is 4.74 Å². The van der Waals surface area contributed by atoms with Gasteiger partial charge in [0.2, 0.25) is 0 Å². The van der Waals surface area contributed by atoms with Crippen LogP contribution in [0.25, 0.3) is 10.4 Å². The molecule has 0 aliphatic carbocycles. The molecular weight excluding hydrogens is 512 g/mol. The van der Waals surface area contributed by atoms with Crippen molar-refractivity contribution in [1.82, 2.24) is 9.80 Å². The number of benzene rings is 2. The lowest BCUT2D eigenvalue weighted by Gasteiger charge is -2.29. The Labute approximate surface area is 236 Å². The van der Waals surface area contributed by atoms with Gasteiger partial charge in [-0.05, 0) is 60.9 Å². The summed E-state index contributed by atoms with van der Waals surface area (Å²) in [7, 11) is 0. The van der Waals surface area contributed by atoms with E-state index < -0.39 is 12.5 Å². The average molecular weight is 552 g/mol. The Morgan fingerprint density at radius 2 is 1.79 bits per heavy atom. The second kappa shape index (κ2) is 15.4. The Morgan fingerprint density at radius 3 is 2.54 bits per heavy atom. The van der Waals surface area contributed by atoms with Gasteiger partial charge in [-0.1, -0.05) is 36.4 Å². The van der Waals surface area contributed by atoms with Crippen LogP contribution in [0.15, 0.2) is 66.0 Å². The van der Waals surface area contributed by atoms with Crippen molar-refractivity contribution in [3.05, 3.63) is 77.2 Å². The predicted octanol–water partition coefficient (Wildman–Crippen LogP) is 5.80. The fourth-order valence-corrected chi connectivity index (χ4v) is 5.25. The maximum atomic E-state index is 13.8. The van der Waals surface area contributed by atoms with E-state index in [-0.39, 0.29) is 18.9 Å². The number of amides is 1. The minimum atomic E-state index is -0.782. The van der Waals surface area contributed by atoms with Gasteiger partial charge in [0, 0.05) is 56.5 Å². The zero-order valence-corrected chi connectivity index (χ0v) is 23.1. The molecule has 7 nitrogen and oxygen atoms in total. The van der Waals surface area contributed by atoms with Gasteiger partial charge < -0.3 is 19.5 Å². The highest BCUT2D eigenvalue weighted by Crippen LogP contribution is 2.26. The van der Waals surface area contributed by atoms with Crippen molar-refractivity contribution in [2.24, 2.45) is 0 Å². The maximum Gasteiger partial charge on any atom is 0.303 e. The molecule has 1 fully saturated rings. The first-order valence-electron chi connectivity index (χ1n) is 14.2. The molecule has 0 radical (unpaired) electrons. The molecule has 1 unspecified atom stereocenters. The Balaban J connectivity index is 1.46. The number of para-hydroxylation sites is 1. The van der Waals surface area contributed by atoms with E-state index in [4.69, 9.17) is 16.0 Å². The number of carbonyl (C=O) groups is 2. The van der Waals surface area contributed by atoms with E-state index in [1.165, 1.54) is 0 Å². The number of nitrogens with zero attached hydrogens (tertiary/aromatic N) is 2. The number of thiophene rings is 1. The van der Waals surface area contributed by atoms with E-state index in [1.54, 1.807) is 16.2 Å². The molecule has 1 aliphatic rings. The molecule has 1 aliphatic heterocycles. The molecule has 2 heterocycles. The summed E-state index contributed by atoms with van der Waals surface area (Å²) in [5.41, 5.74) is 2.47. The molecule has 4 rings (SSSR count). The van der Waals surface area contributed by atoms with E-state index in [2.05, 4.69) is 11.0 Å². The van der Waals surface area contributed by atoms with Gasteiger partial charge in [-0.15, -0.1) is 11.3 Å². The Morgan fingerprint density at radius 1 is 1.00 bits per heavy atom. The van der Waals surface area contributed by atoms with Crippen LogP contribution in [0.5, 0.6) is 5.75 Å². The number of unbranched alkanes of at least 4 members (excludes halogenated alkanes) is 2. The number of hydrogen-bond acceptors (Lipinski definition) is 6. The van der Waals surface area contributed by atoms with Crippen molar-refractivity contribution in [3.8, 4) is 16.2 Å². The first-order chi connectivity index (χ1) is 19.5. The van der Waals surface area contributed by atoms with Crippen LogP contribution in [-0.2, 0) is 16.1 Å². The third kappa shape index (κ3) is 9.20. The van der Waals surface area contributed by atoms with Crippen LogP contribution in [0.4, 0.5) is 0 Å². The van der Waals surface area contributed by atoms with Gasteiger partial charge in [0.25, 0.3) is 5.91 Å². The molecule has 1 N–H and O–H groups in total. The highest BCUT2D eigenvalue weighted by molar-refractivity contribution is 7.13. The largest absolute Gasteiger partial charge is 0.493 e. The normalized spacial score (nSPS) is 14.9. The van der Waals surface area contributed by atoms with Crippen LogP contribution in [0, 0.1) is 0 Å². The molecule has 1 saturated heterocycles. The molecule has 2 aromatic carbocycles. The third-order valence-corrected chi connectivity index (χ3v) is 7.62. The molecule has 0 saturated carbocycles. The summed E-state index contributed by atoms with van der Waals surface area (Å²) in [6, 6.07) is 19.3. The van der Waals surface area contributed by atoms with Gasteiger partial charge in [-0.2, -0.15) is 0 Å². The lowest BCUT2D eigenvalue weighted by Crippen LogP contribution is -2.39. The molecule has 8 heteroatoms. The molecule has 39 heavy (non-hydrogen) atoms. The number of aliphatic carboxylic acids is 1. The van der Waals surface area contributed by atoms with E-state index in [0.717, 1.165) is 48.5 Å². The fraction of sp³-hybridized carbons (Fsp3) is 0.419. The summed E-state index contributed by atoms with van der Waals surface area (Å²) >= 11 is 1.66. The summed E-state index contributed by atoms with van der Waals surface area (Å²) in [6.45, 7) is 3.81. The molecule has 208 valence electrons. The second-order valence-electron chi connectivity index (χ2n) is 9.57. The molecule has 0 spiro atoms. The number of morpholine rings is 1. The van der Waals surface area contributed by atoms with Crippen LogP contribution >= 0.6 is 11.3 Å². The predicted molar refractivity (Wildman–Crippen MR) is 154 cm³/mol. The number of ether oxygens (including phenoxy) is 2. The number of hydrogen-bond donors (Lipinski definition) is 1. The number of carboxylic acid groups (broad SMARTS) is 1. The first-order valence-corrected chi connectivity index (χ1v) is 14.5. The van der Waals surface area contributed by atoms with Crippen molar-refractivity contribution >= 4 is 23.2 Å². The molecule has 3 aromatic rings. The van der Waals surface area contributed by atoms with Gasteiger partial charge >= 0.3 is 5.97 Å². The van der Waals surface area contributed by atoms with Gasteiger partial charge in [0.1, 0.15) is 5.75 Å². The van der Waals surface area contributed by atoms with Crippen LogP contribution in [0.3, 0.4) is 0 Å². The van der Waals surface area contributed by atoms with E-state index in [9.17, 15) is 9.59 Å². The quantitative estimate of drug-likeness (QED) is 0.241. The van der Waals surface area contributed by atoms with E-state index >= 15 is 0 Å². The first kappa shape index (κ1) is 27.4. The van der Waals surface area contributed by atoms with Crippen LogP contribution in [0.2, 0.25) is 0 Å². The molecular formula is C31H38N2O5S. The van der Waals surface area contributed by atoms with Gasteiger partial charge in [0.05, 0.1) is 19.8 Å². The van der Waals surface area contributed by atoms with Crippen LogP contribution in [0.1, 0.15) is 49.4 Å². The summed E-state index contributed by atoms with van der Waals surface area (Å²) in [4.78, 5) is 29.6. The molecule has 1 aromatic heterocycles. The zero-order valence-electron chi connectivity index (χ0n) is 23.3. The number of carboxylic acids is 1. The van der Waals surface area contributed by atoms with Crippen molar-refractivity contribution in [2.45, 2.75) is 38.6 Å². The highest BCUT2D eigenvalue weighted by Gasteiger charge is 2.19. The van der Waals surface area contributed by atoms with Crippen molar-refractivity contribution in [1.29, 1.82) is 0 Å². The van der Waals surface area contributed by atoms with E-state index in [0.29, 0.717) is 44.0 Å².